The van der Waals surface area contributed by atoms with Gasteiger partial charge in [-0.1, -0.05) is 6.07 Å². The van der Waals surface area contributed by atoms with E-state index in [1.54, 1.807) is 57.4 Å². The molecule has 9 nitrogen and oxygen atoms in total. The Morgan fingerprint density at radius 1 is 1.10 bits per heavy atom. The fourth-order valence-electron chi connectivity index (χ4n) is 2.32. The van der Waals surface area contributed by atoms with Crippen LogP contribution in [0.15, 0.2) is 59.8 Å². The summed E-state index contributed by atoms with van der Waals surface area (Å²) in [6.07, 6.45) is 5.56. The fraction of sp³-hybridized carbons (Fsp3) is 0.286. The van der Waals surface area contributed by atoms with Gasteiger partial charge in [-0.2, -0.15) is 0 Å². The number of nitrogens with zero attached hydrogens (tertiary/aromatic N) is 1. The van der Waals surface area contributed by atoms with Crippen molar-refractivity contribution in [2.45, 2.75) is 31.3 Å². The van der Waals surface area contributed by atoms with Gasteiger partial charge in [0.15, 0.2) is 0 Å². The molecule has 0 fully saturated rings. The predicted molar refractivity (Wildman–Crippen MR) is 118 cm³/mol. The molecular weight excluding hydrogens is 420 g/mol. The lowest BCUT2D eigenvalue weighted by atomic mass is 10.2. The number of benzene rings is 1. The van der Waals surface area contributed by atoms with Crippen molar-refractivity contribution >= 4 is 33.8 Å². The normalized spacial score (nSPS) is 11.8. The summed E-state index contributed by atoms with van der Waals surface area (Å²) in [5.41, 5.74) is 0.506. The molecule has 166 valence electrons. The molecule has 0 radical (unpaired) electrons. The standard InChI is InChI=1S/C21H26N4O5S/c1-21(2,3)30-20(27)23-13-14-24-31(28,29)18-6-4-5-17(15-18)25-19(26)8-7-16-9-11-22-12-10-16/h4-12,15,24H,13-14H2,1-3H3,(H,23,27)(H,25,26)/b8-7+. The highest BCUT2D eigenvalue weighted by molar-refractivity contribution is 7.89. The first-order valence-corrected chi connectivity index (χ1v) is 11.0. The second-order valence-corrected chi connectivity index (χ2v) is 9.22. The van der Waals surface area contributed by atoms with Crippen LogP contribution in [0.2, 0.25) is 0 Å². The molecule has 0 unspecified atom stereocenters. The summed E-state index contributed by atoms with van der Waals surface area (Å²) >= 11 is 0. The molecule has 0 aliphatic rings. The summed E-state index contributed by atoms with van der Waals surface area (Å²) in [5.74, 6) is -0.402. The maximum Gasteiger partial charge on any atom is 0.407 e. The van der Waals surface area contributed by atoms with Crippen LogP contribution in [0.1, 0.15) is 26.3 Å². The number of anilines is 1. The first kappa shape index (κ1) is 24.0. The van der Waals surface area contributed by atoms with Gasteiger partial charge in [0.25, 0.3) is 0 Å². The van der Waals surface area contributed by atoms with E-state index in [1.807, 2.05) is 0 Å². The number of ether oxygens (including phenoxy) is 1. The van der Waals surface area contributed by atoms with E-state index in [2.05, 4.69) is 20.3 Å². The lowest BCUT2D eigenvalue weighted by Gasteiger charge is -2.19. The molecule has 10 heteroatoms. The van der Waals surface area contributed by atoms with Gasteiger partial charge in [-0.3, -0.25) is 9.78 Å². The highest BCUT2D eigenvalue weighted by Crippen LogP contribution is 2.15. The van der Waals surface area contributed by atoms with Crippen LogP contribution >= 0.6 is 0 Å². The van der Waals surface area contributed by atoms with Crippen LogP contribution in [0.5, 0.6) is 0 Å². The van der Waals surface area contributed by atoms with Crippen molar-refractivity contribution < 1.29 is 22.7 Å². The van der Waals surface area contributed by atoms with E-state index in [4.69, 9.17) is 4.74 Å². The Hall–Kier alpha value is -3.24. The zero-order valence-electron chi connectivity index (χ0n) is 17.6. The van der Waals surface area contributed by atoms with Gasteiger partial charge < -0.3 is 15.4 Å². The molecule has 31 heavy (non-hydrogen) atoms. The third-order valence-corrected chi connectivity index (χ3v) is 5.09. The highest BCUT2D eigenvalue weighted by atomic mass is 32.2. The Morgan fingerprint density at radius 2 is 1.81 bits per heavy atom. The van der Waals surface area contributed by atoms with Crippen molar-refractivity contribution in [2.24, 2.45) is 0 Å². The van der Waals surface area contributed by atoms with Crippen LogP contribution in [0.4, 0.5) is 10.5 Å². The molecule has 0 spiro atoms. The minimum absolute atomic E-state index is 0.0133. The van der Waals surface area contributed by atoms with Gasteiger partial charge in [-0.05, 0) is 62.7 Å². The minimum Gasteiger partial charge on any atom is -0.444 e. The topological polar surface area (TPSA) is 126 Å². The Morgan fingerprint density at radius 3 is 2.48 bits per heavy atom. The van der Waals surface area contributed by atoms with Gasteiger partial charge in [0.2, 0.25) is 15.9 Å². The molecular formula is C21H26N4O5S. The lowest BCUT2D eigenvalue weighted by Crippen LogP contribution is -2.37. The third kappa shape index (κ3) is 8.97. The van der Waals surface area contributed by atoms with E-state index in [1.165, 1.54) is 24.3 Å². The minimum atomic E-state index is -3.83. The Kier molecular flexibility index (Phi) is 8.29. The number of hydrogen-bond donors (Lipinski definition) is 3. The largest absolute Gasteiger partial charge is 0.444 e. The fourth-order valence-corrected chi connectivity index (χ4v) is 3.40. The number of amides is 2. The van der Waals surface area contributed by atoms with Gasteiger partial charge in [0.1, 0.15) is 5.60 Å². The second kappa shape index (κ2) is 10.7. The first-order valence-electron chi connectivity index (χ1n) is 9.51. The smallest absolute Gasteiger partial charge is 0.407 e. The number of hydrogen-bond acceptors (Lipinski definition) is 6. The molecule has 2 aromatic rings. The maximum atomic E-state index is 12.5. The van der Waals surface area contributed by atoms with Gasteiger partial charge in [0, 0.05) is 37.2 Å². The number of carbonyl (C=O) groups is 2. The van der Waals surface area contributed by atoms with Crippen molar-refractivity contribution in [2.75, 3.05) is 18.4 Å². The molecule has 0 atom stereocenters. The average molecular weight is 447 g/mol. The van der Waals surface area contributed by atoms with Crippen molar-refractivity contribution in [1.29, 1.82) is 0 Å². The summed E-state index contributed by atoms with van der Waals surface area (Å²) in [7, 11) is -3.83. The Balaban J connectivity index is 1.90. The van der Waals surface area contributed by atoms with Crippen LogP contribution in [0.25, 0.3) is 6.08 Å². The van der Waals surface area contributed by atoms with E-state index in [9.17, 15) is 18.0 Å². The number of rotatable bonds is 8. The molecule has 1 heterocycles. The first-order chi connectivity index (χ1) is 14.5. The number of carbonyl (C=O) groups excluding carboxylic acids is 2. The van der Waals surface area contributed by atoms with E-state index in [0.717, 1.165) is 5.56 Å². The van der Waals surface area contributed by atoms with Crippen molar-refractivity contribution in [3.63, 3.8) is 0 Å². The second-order valence-electron chi connectivity index (χ2n) is 7.46. The Labute approximate surface area is 182 Å². The summed E-state index contributed by atoms with van der Waals surface area (Å²) in [5, 5.41) is 5.09. The monoisotopic (exact) mass is 446 g/mol. The van der Waals surface area contributed by atoms with E-state index >= 15 is 0 Å². The molecule has 2 rings (SSSR count). The van der Waals surface area contributed by atoms with Crippen LogP contribution in [0.3, 0.4) is 0 Å². The number of aromatic nitrogens is 1. The van der Waals surface area contributed by atoms with Crippen LogP contribution in [-0.4, -0.2) is 44.1 Å². The van der Waals surface area contributed by atoms with Crippen LogP contribution < -0.4 is 15.4 Å². The lowest BCUT2D eigenvalue weighted by molar-refractivity contribution is -0.111. The molecule has 0 bridgehead atoms. The third-order valence-electron chi connectivity index (χ3n) is 3.63. The summed E-state index contributed by atoms with van der Waals surface area (Å²) in [6, 6.07) is 9.37. The van der Waals surface area contributed by atoms with E-state index in [-0.39, 0.29) is 18.0 Å². The number of sulfonamides is 1. The molecule has 1 aromatic carbocycles. The molecule has 0 aliphatic heterocycles. The molecule has 0 saturated heterocycles. The maximum absolute atomic E-state index is 12.5. The SMILES string of the molecule is CC(C)(C)OC(=O)NCCNS(=O)(=O)c1cccc(NC(=O)/C=C/c2ccncc2)c1. The summed E-state index contributed by atoms with van der Waals surface area (Å²) in [4.78, 5) is 27.6. The molecule has 3 N–H and O–H groups in total. The van der Waals surface area contributed by atoms with E-state index in [0.29, 0.717) is 5.69 Å². The zero-order chi connectivity index (χ0) is 22.9. The molecule has 0 aliphatic carbocycles. The number of alkyl carbamates (subject to hydrolysis) is 1. The average Bonchev–Trinajstić information content (AvgIpc) is 2.69. The van der Waals surface area contributed by atoms with Crippen molar-refractivity contribution in [1.82, 2.24) is 15.0 Å². The summed E-state index contributed by atoms with van der Waals surface area (Å²) in [6.45, 7) is 5.24. The quantitative estimate of drug-likeness (QED) is 0.422. The summed E-state index contributed by atoms with van der Waals surface area (Å²) < 4.78 is 32.4. The molecule has 0 saturated carbocycles. The molecule has 1 aromatic heterocycles. The van der Waals surface area contributed by atoms with Gasteiger partial charge in [0.05, 0.1) is 4.90 Å². The van der Waals surface area contributed by atoms with Crippen LogP contribution in [0, 0.1) is 0 Å². The zero-order valence-corrected chi connectivity index (χ0v) is 18.4. The Bertz CT molecular complexity index is 1030. The number of pyridine rings is 1. The van der Waals surface area contributed by atoms with Crippen molar-refractivity contribution in [3.8, 4) is 0 Å². The van der Waals surface area contributed by atoms with E-state index < -0.39 is 27.6 Å². The molecule has 2 amide bonds. The van der Waals surface area contributed by atoms with Gasteiger partial charge in [-0.25, -0.2) is 17.9 Å². The highest BCUT2D eigenvalue weighted by Gasteiger charge is 2.17. The van der Waals surface area contributed by atoms with Gasteiger partial charge >= 0.3 is 6.09 Å². The van der Waals surface area contributed by atoms with Gasteiger partial charge in [-0.15, -0.1) is 0 Å². The van der Waals surface area contributed by atoms with Crippen LogP contribution in [-0.2, 0) is 19.6 Å². The van der Waals surface area contributed by atoms with Crippen molar-refractivity contribution in [3.05, 3.63) is 60.4 Å². The predicted octanol–water partition coefficient (Wildman–Crippen LogP) is 2.54. The number of nitrogens with one attached hydrogen (secondary N) is 3.